The predicted molar refractivity (Wildman–Crippen MR) is 95.0 cm³/mol. The van der Waals surface area contributed by atoms with Crippen LogP contribution in [0, 0.1) is 11.3 Å². The number of hydrogen-bond acceptors (Lipinski definition) is 4. The van der Waals surface area contributed by atoms with Crippen molar-refractivity contribution >= 4 is 5.91 Å². The lowest BCUT2D eigenvalue weighted by Crippen LogP contribution is -2.35. The van der Waals surface area contributed by atoms with E-state index in [0.29, 0.717) is 24.6 Å². The molecule has 1 amide bonds. The number of hydrogen-bond donors (Lipinski definition) is 0. The monoisotopic (exact) mass is 340 g/mol. The van der Waals surface area contributed by atoms with Gasteiger partial charge in [-0.1, -0.05) is 39.0 Å². The Hall–Kier alpha value is -2.74. The topological polar surface area (TPSA) is 66.5 Å². The molecule has 1 aromatic carbocycles. The summed E-state index contributed by atoms with van der Waals surface area (Å²) in [5, 5.41) is 8.81. The van der Waals surface area contributed by atoms with Crippen molar-refractivity contribution in [3.05, 3.63) is 54.0 Å². The Kier molecular flexibility index (Phi) is 6.24. The van der Waals surface area contributed by atoms with E-state index in [-0.39, 0.29) is 24.3 Å². The highest BCUT2D eigenvalue weighted by molar-refractivity contribution is 5.77. The van der Waals surface area contributed by atoms with Gasteiger partial charge >= 0.3 is 0 Å². The number of nitriles is 1. The summed E-state index contributed by atoms with van der Waals surface area (Å²) in [6.45, 7) is 6.92. The lowest BCUT2D eigenvalue weighted by atomic mass is 9.86. The first kappa shape index (κ1) is 18.6. The van der Waals surface area contributed by atoms with E-state index < -0.39 is 0 Å². The van der Waals surface area contributed by atoms with Gasteiger partial charge in [-0.3, -0.25) is 4.79 Å². The van der Waals surface area contributed by atoms with Gasteiger partial charge in [-0.2, -0.15) is 5.26 Å². The standard InChI is InChI=1S/C20H24N2O3/c1-20(2,3)17-9-4-5-10-18(17)25-15-19(23)22(12-7-11-21)14-16-8-6-13-24-16/h4-6,8-10,13H,7,12,14-15H2,1-3H3. The first-order valence-electron chi connectivity index (χ1n) is 8.31. The number of rotatable bonds is 7. The molecule has 0 saturated carbocycles. The van der Waals surface area contributed by atoms with Gasteiger partial charge in [0, 0.05) is 6.54 Å². The summed E-state index contributed by atoms with van der Waals surface area (Å²) in [4.78, 5) is 14.1. The van der Waals surface area contributed by atoms with Crippen molar-refractivity contribution in [2.75, 3.05) is 13.2 Å². The van der Waals surface area contributed by atoms with Crippen LogP contribution in [0.5, 0.6) is 5.75 Å². The van der Waals surface area contributed by atoms with E-state index in [0.717, 1.165) is 5.56 Å². The molecule has 1 aromatic heterocycles. The normalized spacial score (nSPS) is 11.0. The Morgan fingerprint density at radius 2 is 2.00 bits per heavy atom. The Morgan fingerprint density at radius 3 is 2.64 bits per heavy atom. The van der Waals surface area contributed by atoms with Gasteiger partial charge < -0.3 is 14.1 Å². The van der Waals surface area contributed by atoms with Crippen molar-refractivity contribution in [3.8, 4) is 11.8 Å². The van der Waals surface area contributed by atoms with Crippen molar-refractivity contribution in [2.45, 2.75) is 39.2 Å². The third kappa shape index (κ3) is 5.39. The molecule has 25 heavy (non-hydrogen) atoms. The molecule has 5 heteroatoms. The number of carbonyl (C=O) groups excluding carboxylic acids is 1. The van der Waals surface area contributed by atoms with Gasteiger partial charge in [0.1, 0.15) is 11.5 Å². The quantitative estimate of drug-likeness (QED) is 0.767. The molecule has 0 aliphatic heterocycles. The number of nitrogens with zero attached hydrogens (tertiary/aromatic N) is 2. The first-order chi connectivity index (χ1) is 11.9. The van der Waals surface area contributed by atoms with E-state index >= 15 is 0 Å². The zero-order valence-electron chi connectivity index (χ0n) is 15.0. The smallest absolute Gasteiger partial charge is 0.260 e. The van der Waals surface area contributed by atoms with Crippen molar-refractivity contribution in [2.24, 2.45) is 0 Å². The van der Waals surface area contributed by atoms with Crippen LogP contribution in [0.4, 0.5) is 0 Å². The third-order valence-corrected chi connectivity index (χ3v) is 3.82. The molecule has 1 heterocycles. The summed E-state index contributed by atoms with van der Waals surface area (Å²) in [5.41, 5.74) is 0.978. The van der Waals surface area contributed by atoms with Gasteiger partial charge in [0.25, 0.3) is 5.91 Å². The maximum Gasteiger partial charge on any atom is 0.260 e. The SMILES string of the molecule is CC(C)(C)c1ccccc1OCC(=O)N(CCC#N)Cc1ccco1. The third-order valence-electron chi connectivity index (χ3n) is 3.82. The van der Waals surface area contributed by atoms with Crippen LogP contribution in [0.25, 0.3) is 0 Å². The summed E-state index contributed by atoms with van der Waals surface area (Å²) < 4.78 is 11.1. The Labute approximate surface area is 148 Å². The minimum absolute atomic E-state index is 0.0702. The molecule has 0 radical (unpaired) electrons. The van der Waals surface area contributed by atoms with Crippen molar-refractivity contribution in [1.82, 2.24) is 4.90 Å². The summed E-state index contributed by atoms with van der Waals surface area (Å²) >= 11 is 0. The Morgan fingerprint density at radius 1 is 1.24 bits per heavy atom. The molecular weight excluding hydrogens is 316 g/mol. The molecule has 0 spiro atoms. The van der Waals surface area contributed by atoms with Gasteiger partial charge in [0.05, 0.1) is 25.3 Å². The first-order valence-corrected chi connectivity index (χ1v) is 8.31. The summed E-state index contributed by atoms with van der Waals surface area (Å²) in [7, 11) is 0. The zero-order valence-corrected chi connectivity index (χ0v) is 15.0. The van der Waals surface area contributed by atoms with Gasteiger partial charge in [-0.25, -0.2) is 0 Å². The summed E-state index contributed by atoms with van der Waals surface area (Å²) in [5.74, 6) is 1.22. The van der Waals surface area contributed by atoms with Gasteiger partial charge in [-0.15, -0.1) is 0 Å². The average Bonchev–Trinajstić information content (AvgIpc) is 3.09. The number of amides is 1. The number of furan rings is 1. The van der Waals surface area contributed by atoms with Crippen LogP contribution in [0.1, 0.15) is 38.5 Å². The van der Waals surface area contributed by atoms with Crippen LogP contribution in [0.3, 0.4) is 0 Å². The fourth-order valence-electron chi connectivity index (χ4n) is 2.51. The molecule has 0 aliphatic carbocycles. The fraction of sp³-hybridized carbons (Fsp3) is 0.400. The van der Waals surface area contributed by atoms with Crippen LogP contribution in [0.15, 0.2) is 47.1 Å². The van der Waals surface area contributed by atoms with Gasteiger partial charge in [0.2, 0.25) is 0 Å². The fourth-order valence-corrected chi connectivity index (χ4v) is 2.51. The summed E-state index contributed by atoms with van der Waals surface area (Å²) in [6.07, 6.45) is 1.84. The number of carbonyl (C=O) groups is 1. The molecule has 0 N–H and O–H groups in total. The highest BCUT2D eigenvalue weighted by Gasteiger charge is 2.20. The second-order valence-corrected chi connectivity index (χ2v) is 6.84. The molecule has 5 nitrogen and oxygen atoms in total. The van der Waals surface area contributed by atoms with Crippen LogP contribution in [-0.4, -0.2) is 24.0 Å². The minimum atomic E-state index is -0.171. The molecule has 0 unspecified atom stereocenters. The lowest BCUT2D eigenvalue weighted by Gasteiger charge is -2.24. The van der Waals surface area contributed by atoms with Gasteiger partial charge in [0.15, 0.2) is 6.61 Å². The van der Waals surface area contributed by atoms with E-state index in [9.17, 15) is 4.79 Å². The molecule has 0 saturated heterocycles. The van der Waals surface area contributed by atoms with E-state index in [1.54, 1.807) is 17.2 Å². The Bertz CT molecular complexity index is 724. The summed E-state index contributed by atoms with van der Waals surface area (Å²) in [6, 6.07) is 13.4. The lowest BCUT2D eigenvalue weighted by molar-refractivity contribution is -0.134. The maximum atomic E-state index is 12.6. The molecule has 0 atom stereocenters. The maximum absolute atomic E-state index is 12.6. The average molecular weight is 340 g/mol. The largest absolute Gasteiger partial charge is 0.483 e. The molecule has 2 rings (SSSR count). The highest BCUT2D eigenvalue weighted by atomic mass is 16.5. The number of benzene rings is 1. The van der Waals surface area contributed by atoms with Crippen LogP contribution in [0.2, 0.25) is 0 Å². The molecule has 0 bridgehead atoms. The Balaban J connectivity index is 2.05. The van der Waals surface area contributed by atoms with Crippen molar-refractivity contribution < 1.29 is 13.9 Å². The second kappa shape index (κ2) is 8.39. The number of para-hydroxylation sites is 1. The molecule has 0 aliphatic rings. The molecule has 0 fully saturated rings. The van der Waals surface area contributed by atoms with E-state index in [2.05, 4.69) is 26.8 Å². The molecule has 132 valence electrons. The van der Waals surface area contributed by atoms with Crippen LogP contribution < -0.4 is 4.74 Å². The number of ether oxygens (including phenoxy) is 1. The minimum Gasteiger partial charge on any atom is -0.483 e. The van der Waals surface area contributed by atoms with Crippen molar-refractivity contribution in [1.29, 1.82) is 5.26 Å². The molecular formula is C20H24N2O3. The zero-order chi connectivity index (χ0) is 18.3. The van der Waals surface area contributed by atoms with Crippen LogP contribution in [-0.2, 0) is 16.8 Å². The van der Waals surface area contributed by atoms with E-state index in [1.165, 1.54) is 0 Å². The van der Waals surface area contributed by atoms with E-state index in [4.69, 9.17) is 14.4 Å². The second-order valence-electron chi connectivity index (χ2n) is 6.84. The highest BCUT2D eigenvalue weighted by Crippen LogP contribution is 2.30. The molecule has 2 aromatic rings. The van der Waals surface area contributed by atoms with Crippen molar-refractivity contribution in [3.63, 3.8) is 0 Å². The predicted octanol–water partition coefficient (Wildman–Crippen LogP) is 3.90. The van der Waals surface area contributed by atoms with Gasteiger partial charge in [-0.05, 0) is 29.2 Å². The van der Waals surface area contributed by atoms with Crippen LogP contribution >= 0.6 is 0 Å². The van der Waals surface area contributed by atoms with E-state index in [1.807, 2.05) is 30.3 Å².